The predicted octanol–water partition coefficient (Wildman–Crippen LogP) is 1.87. The standard InChI is InChI=1S/C12H13N3O/c1-15(11-6-3-7-14-11)12(16)9-4-2-5-10(13)8-9/h2-8,14H,13H2,1H3. The number of rotatable bonds is 2. The third-order valence-corrected chi connectivity index (χ3v) is 2.38. The molecular weight excluding hydrogens is 202 g/mol. The number of carbonyl (C=O) groups excluding carboxylic acids is 1. The van der Waals surface area contributed by atoms with Gasteiger partial charge in [-0.2, -0.15) is 0 Å². The largest absolute Gasteiger partial charge is 0.399 e. The Labute approximate surface area is 93.7 Å². The molecule has 4 nitrogen and oxygen atoms in total. The number of aromatic nitrogens is 1. The molecule has 1 heterocycles. The molecular formula is C12H13N3O. The maximum atomic E-state index is 12.0. The van der Waals surface area contributed by atoms with Gasteiger partial charge in [0.25, 0.3) is 5.91 Å². The molecule has 1 aromatic carbocycles. The molecule has 2 rings (SSSR count). The summed E-state index contributed by atoms with van der Waals surface area (Å²) < 4.78 is 0. The van der Waals surface area contributed by atoms with E-state index >= 15 is 0 Å². The normalized spacial score (nSPS) is 10.1. The maximum Gasteiger partial charge on any atom is 0.259 e. The molecule has 0 saturated carbocycles. The minimum absolute atomic E-state index is 0.0882. The summed E-state index contributed by atoms with van der Waals surface area (Å²) in [7, 11) is 1.72. The minimum Gasteiger partial charge on any atom is -0.399 e. The predicted molar refractivity (Wildman–Crippen MR) is 64.4 cm³/mol. The van der Waals surface area contributed by atoms with Crippen molar-refractivity contribution in [2.24, 2.45) is 0 Å². The highest BCUT2D eigenvalue weighted by Gasteiger charge is 2.13. The smallest absolute Gasteiger partial charge is 0.259 e. The fourth-order valence-corrected chi connectivity index (χ4v) is 1.50. The van der Waals surface area contributed by atoms with Crippen molar-refractivity contribution < 1.29 is 4.79 Å². The summed E-state index contributed by atoms with van der Waals surface area (Å²) >= 11 is 0. The average Bonchev–Trinajstić information content (AvgIpc) is 2.80. The van der Waals surface area contributed by atoms with E-state index in [4.69, 9.17) is 5.73 Å². The molecule has 0 atom stereocenters. The molecule has 0 saturated heterocycles. The monoisotopic (exact) mass is 215 g/mol. The quantitative estimate of drug-likeness (QED) is 0.751. The Morgan fingerprint density at radius 2 is 2.12 bits per heavy atom. The van der Waals surface area contributed by atoms with Crippen molar-refractivity contribution in [1.29, 1.82) is 0 Å². The molecule has 2 aromatic rings. The second kappa shape index (κ2) is 4.10. The highest BCUT2D eigenvalue weighted by atomic mass is 16.2. The first-order valence-corrected chi connectivity index (χ1v) is 4.95. The van der Waals surface area contributed by atoms with Crippen molar-refractivity contribution >= 4 is 17.4 Å². The number of nitrogens with one attached hydrogen (secondary N) is 1. The Balaban J connectivity index is 2.26. The van der Waals surface area contributed by atoms with E-state index in [0.717, 1.165) is 5.82 Å². The molecule has 0 radical (unpaired) electrons. The second-order valence-corrected chi connectivity index (χ2v) is 3.54. The lowest BCUT2D eigenvalue weighted by molar-refractivity contribution is 0.0992. The van der Waals surface area contributed by atoms with Crippen LogP contribution in [0, 0.1) is 0 Å². The average molecular weight is 215 g/mol. The number of nitrogens with two attached hydrogens (primary N) is 1. The molecule has 0 fully saturated rings. The number of nitrogen functional groups attached to an aromatic ring is 1. The highest BCUT2D eigenvalue weighted by molar-refractivity contribution is 6.05. The molecule has 0 aliphatic carbocycles. The molecule has 0 aliphatic heterocycles. The summed E-state index contributed by atoms with van der Waals surface area (Å²) in [4.78, 5) is 16.6. The van der Waals surface area contributed by atoms with Crippen LogP contribution in [0.15, 0.2) is 42.6 Å². The van der Waals surface area contributed by atoms with E-state index in [0.29, 0.717) is 11.3 Å². The van der Waals surface area contributed by atoms with Gasteiger partial charge in [-0.3, -0.25) is 9.69 Å². The van der Waals surface area contributed by atoms with Gasteiger partial charge in [-0.05, 0) is 30.3 Å². The van der Waals surface area contributed by atoms with Crippen molar-refractivity contribution in [2.75, 3.05) is 17.7 Å². The van der Waals surface area contributed by atoms with Crippen molar-refractivity contribution in [3.8, 4) is 0 Å². The maximum absolute atomic E-state index is 12.0. The van der Waals surface area contributed by atoms with Gasteiger partial charge in [0.2, 0.25) is 0 Å². The van der Waals surface area contributed by atoms with Crippen LogP contribution in [-0.2, 0) is 0 Å². The Bertz CT molecular complexity index is 491. The van der Waals surface area contributed by atoms with Crippen LogP contribution in [0.25, 0.3) is 0 Å². The van der Waals surface area contributed by atoms with Gasteiger partial charge >= 0.3 is 0 Å². The minimum atomic E-state index is -0.0882. The van der Waals surface area contributed by atoms with Gasteiger partial charge in [-0.25, -0.2) is 0 Å². The third-order valence-electron chi connectivity index (χ3n) is 2.38. The number of nitrogens with zero attached hydrogens (tertiary/aromatic N) is 1. The topological polar surface area (TPSA) is 62.1 Å². The van der Waals surface area contributed by atoms with E-state index in [1.54, 1.807) is 42.4 Å². The Morgan fingerprint density at radius 3 is 2.75 bits per heavy atom. The van der Waals surface area contributed by atoms with Crippen LogP contribution in [0.3, 0.4) is 0 Å². The number of benzene rings is 1. The van der Waals surface area contributed by atoms with Crippen LogP contribution in [0.4, 0.5) is 11.5 Å². The Hall–Kier alpha value is -2.23. The van der Waals surface area contributed by atoms with Crippen LogP contribution in [0.5, 0.6) is 0 Å². The van der Waals surface area contributed by atoms with Crippen LogP contribution < -0.4 is 10.6 Å². The number of hydrogen-bond acceptors (Lipinski definition) is 2. The first-order chi connectivity index (χ1) is 7.68. The van der Waals surface area contributed by atoms with Gasteiger partial charge in [0, 0.05) is 24.5 Å². The number of amides is 1. The fourth-order valence-electron chi connectivity index (χ4n) is 1.50. The molecule has 3 N–H and O–H groups in total. The first kappa shape index (κ1) is 10.3. The zero-order chi connectivity index (χ0) is 11.5. The molecule has 4 heteroatoms. The number of aromatic amines is 1. The van der Waals surface area contributed by atoms with Crippen molar-refractivity contribution in [3.05, 3.63) is 48.2 Å². The first-order valence-electron chi connectivity index (χ1n) is 4.95. The van der Waals surface area contributed by atoms with Crippen molar-refractivity contribution in [3.63, 3.8) is 0 Å². The van der Waals surface area contributed by atoms with Gasteiger partial charge < -0.3 is 10.7 Å². The SMILES string of the molecule is CN(C(=O)c1cccc(N)c1)c1ccc[nH]1. The van der Waals surface area contributed by atoms with Crippen molar-refractivity contribution in [2.45, 2.75) is 0 Å². The summed E-state index contributed by atoms with van der Waals surface area (Å²) in [6.45, 7) is 0. The fraction of sp³-hybridized carbons (Fsp3) is 0.0833. The van der Waals surface area contributed by atoms with Crippen LogP contribution >= 0.6 is 0 Å². The van der Waals surface area contributed by atoms with E-state index in [-0.39, 0.29) is 5.91 Å². The molecule has 16 heavy (non-hydrogen) atoms. The van der Waals surface area contributed by atoms with E-state index in [1.165, 1.54) is 0 Å². The molecule has 0 aliphatic rings. The lowest BCUT2D eigenvalue weighted by atomic mass is 10.2. The highest BCUT2D eigenvalue weighted by Crippen LogP contribution is 2.14. The zero-order valence-corrected chi connectivity index (χ0v) is 8.97. The van der Waals surface area contributed by atoms with Gasteiger partial charge in [0.1, 0.15) is 5.82 Å². The number of carbonyl (C=O) groups is 1. The summed E-state index contributed by atoms with van der Waals surface area (Å²) in [5.41, 5.74) is 6.81. The summed E-state index contributed by atoms with van der Waals surface area (Å²) in [5.74, 6) is 0.669. The van der Waals surface area contributed by atoms with Gasteiger partial charge in [0.15, 0.2) is 0 Å². The Morgan fingerprint density at radius 1 is 1.31 bits per heavy atom. The van der Waals surface area contributed by atoms with E-state index in [2.05, 4.69) is 4.98 Å². The number of hydrogen-bond donors (Lipinski definition) is 2. The molecule has 0 bridgehead atoms. The zero-order valence-electron chi connectivity index (χ0n) is 8.97. The number of H-pyrrole nitrogens is 1. The molecule has 0 spiro atoms. The molecule has 1 amide bonds. The van der Waals surface area contributed by atoms with Gasteiger partial charge in [-0.15, -0.1) is 0 Å². The summed E-state index contributed by atoms with van der Waals surface area (Å²) in [6, 6.07) is 10.6. The van der Waals surface area contributed by atoms with Gasteiger partial charge in [0.05, 0.1) is 0 Å². The lowest BCUT2D eigenvalue weighted by Crippen LogP contribution is -2.26. The number of anilines is 2. The van der Waals surface area contributed by atoms with E-state index in [9.17, 15) is 4.79 Å². The van der Waals surface area contributed by atoms with Crippen LogP contribution in [-0.4, -0.2) is 17.9 Å². The summed E-state index contributed by atoms with van der Waals surface area (Å²) in [6.07, 6.45) is 1.78. The van der Waals surface area contributed by atoms with E-state index in [1.807, 2.05) is 12.1 Å². The summed E-state index contributed by atoms with van der Waals surface area (Å²) in [5, 5.41) is 0. The van der Waals surface area contributed by atoms with Crippen molar-refractivity contribution in [1.82, 2.24) is 4.98 Å². The lowest BCUT2D eigenvalue weighted by Gasteiger charge is -2.15. The Kier molecular flexibility index (Phi) is 2.64. The van der Waals surface area contributed by atoms with Crippen LogP contribution in [0.2, 0.25) is 0 Å². The second-order valence-electron chi connectivity index (χ2n) is 3.54. The third kappa shape index (κ3) is 1.91. The van der Waals surface area contributed by atoms with Crippen LogP contribution in [0.1, 0.15) is 10.4 Å². The molecule has 0 unspecified atom stereocenters. The van der Waals surface area contributed by atoms with Gasteiger partial charge in [-0.1, -0.05) is 6.07 Å². The molecule has 1 aromatic heterocycles. The molecule has 82 valence electrons. The van der Waals surface area contributed by atoms with E-state index < -0.39 is 0 Å².